The third kappa shape index (κ3) is 4.60. The number of imidazole rings is 1. The summed E-state index contributed by atoms with van der Waals surface area (Å²) in [6.07, 6.45) is 3.89. The Hall–Kier alpha value is -2.23. The second kappa shape index (κ2) is 8.42. The minimum Gasteiger partial charge on any atom is -0.373 e. The van der Waals surface area contributed by atoms with E-state index in [0.717, 1.165) is 5.82 Å². The summed E-state index contributed by atoms with van der Waals surface area (Å²) in [7, 11) is -1.71. The number of benzene rings is 1. The van der Waals surface area contributed by atoms with E-state index in [2.05, 4.69) is 10.3 Å². The lowest BCUT2D eigenvalue weighted by molar-refractivity contribution is -0.0440. The van der Waals surface area contributed by atoms with Gasteiger partial charge in [0.15, 0.2) is 0 Å². The lowest BCUT2D eigenvalue weighted by atomic mass is 10.2. The van der Waals surface area contributed by atoms with Gasteiger partial charge in [0.25, 0.3) is 5.91 Å². The Morgan fingerprint density at radius 2 is 1.86 bits per heavy atom. The van der Waals surface area contributed by atoms with Crippen LogP contribution in [0.3, 0.4) is 0 Å². The molecule has 8 nitrogen and oxygen atoms in total. The highest BCUT2D eigenvalue weighted by Crippen LogP contribution is 2.21. The van der Waals surface area contributed by atoms with Gasteiger partial charge < -0.3 is 14.6 Å². The number of morpholine rings is 1. The number of hydrogen-bond acceptors (Lipinski definition) is 5. The smallest absolute Gasteiger partial charge is 0.251 e. The lowest BCUT2D eigenvalue weighted by Gasteiger charge is -2.34. The first-order valence-corrected chi connectivity index (χ1v) is 10.7. The van der Waals surface area contributed by atoms with Crippen LogP contribution in [0, 0.1) is 0 Å². The van der Waals surface area contributed by atoms with Crippen molar-refractivity contribution in [1.82, 2.24) is 19.2 Å². The molecule has 1 aromatic carbocycles. The van der Waals surface area contributed by atoms with Crippen molar-refractivity contribution >= 4 is 15.9 Å². The van der Waals surface area contributed by atoms with E-state index < -0.39 is 10.0 Å². The number of aromatic nitrogens is 2. The number of hydrogen-bond donors (Lipinski definition) is 1. The maximum absolute atomic E-state index is 12.9. The number of amides is 1. The maximum Gasteiger partial charge on any atom is 0.251 e. The molecule has 0 aliphatic carbocycles. The third-order valence-electron chi connectivity index (χ3n) is 4.70. The van der Waals surface area contributed by atoms with Crippen LogP contribution in [-0.4, -0.2) is 60.0 Å². The fourth-order valence-corrected chi connectivity index (χ4v) is 4.87. The summed E-state index contributed by atoms with van der Waals surface area (Å²) in [6.45, 7) is 4.81. The molecule has 1 aliphatic heterocycles. The van der Waals surface area contributed by atoms with Crippen molar-refractivity contribution in [3.8, 4) is 0 Å². The zero-order valence-corrected chi connectivity index (χ0v) is 17.1. The van der Waals surface area contributed by atoms with Gasteiger partial charge in [-0.3, -0.25) is 4.79 Å². The first kappa shape index (κ1) is 20.5. The number of sulfonamides is 1. The van der Waals surface area contributed by atoms with E-state index in [4.69, 9.17) is 4.74 Å². The highest BCUT2D eigenvalue weighted by atomic mass is 32.2. The summed E-state index contributed by atoms with van der Waals surface area (Å²) < 4.78 is 34.7. The molecule has 152 valence electrons. The molecule has 28 heavy (non-hydrogen) atoms. The van der Waals surface area contributed by atoms with E-state index in [-0.39, 0.29) is 23.0 Å². The molecular weight excluding hydrogens is 380 g/mol. The first-order chi connectivity index (χ1) is 13.3. The molecule has 1 fully saturated rings. The van der Waals surface area contributed by atoms with Gasteiger partial charge in [-0.2, -0.15) is 4.31 Å². The average Bonchev–Trinajstić information content (AvgIpc) is 3.06. The van der Waals surface area contributed by atoms with Crippen LogP contribution in [0.4, 0.5) is 0 Å². The predicted molar refractivity (Wildman–Crippen MR) is 104 cm³/mol. The van der Waals surface area contributed by atoms with Gasteiger partial charge in [0, 0.05) is 51.1 Å². The molecular formula is C19H26N4O4S. The van der Waals surface area contributed by atoms with Gasteiger partial charge in [-0.1, -0.05) is 0 Å². The van der Waals surface area contributed by atoms with Crippen molar-refractivity contribution in [2.24, 2.45) is 7.05 Å². The van der Waals surface area contributed by atoms with Crippen LogP contribution < -0.4 is 5.32 Å². The van der Waals surface area contributed by atoms with Crippen molar-refractivity contribution in [3.63, 3.8) is 0 Å². The quantitative estimate of drug-likeness (QED) is 0.778. The summed E-state index contributed by atoms with van der Waals surface area (Å²) in [5.74, 6) is 0.641. The molecule has 1 saturated heterocycles. The van der Waals surface area contributed by atoms with Crippen molar-refractivity contribution in [2.45, 2.75) is 37.4 Å². The van der Waals surface area contributed by atoms with Gasteiger partial charge >= 0.3 is 0 Å². The summed E-state index contributed by atoms with van der Waals surface area (Å²) in [4.78, 5) is 16.7. The first-order valence-electron chi connectivity index (χ1n) is 9.27. The topological polar surface area (TPSA) is 93.5 Å². The number of ether oxygens (including phenoxy) is 1. The van der Waals surface area contributed by atoms with Crippen molar-refractivity contribution < 1.29 is 17.9 Å². The predicted octanol–water partition coefficient (Wildman–Crippen LogP) is 1.19. The van der Waals surface area contributed by atoms with Gasteiger partial charge in [-0.25, -0.2) is 13.4 Å². The van der Waals surface area contributed by atoms with E-state index >= 15 is 0 Å². The normalized spacial score (nSPS) is 20.8. The molecule has 0 spiro atoms. The SMILES string of the molecule is C[C@H]1CN(S(=O)(=O)c2ccc(C(=O)NCCc3nccn3C)cc2)C[C@H](C)O1. The van der Waals surface area contributed by atoms with E-state index in [1.807, 2.05) is 31.7 Å². The van der Waals surface area contributed by atoms with E-state index in [1.54, 1.807) is 6.20 Å². The van der Waals surface area contributed by atoms with E-state index in [1.165, 1.54) is 28.6 Å². The van der Waals surface area contributed by atoms with Gasteiger partial charge in [0.05, 0.1) is 17.1 Å². The minimum atomic E-state index is -3.61. The molecule has 0 saturated carbocycles. The van der Waals surface area contributed by atoms with Gasteiger partial charge in [-0.05, 0) is 38.1 Å². The Balaban J connectivity index is 1.62. The van der Waals surface area contributed by atoms with Crippen LogP contribution >= 0.6 is 0 Å². The van der Waals surface area contributed by atoms with Crippen molar-refractivity contribution in [3.05, 3.63) is 48.0 Å². The summed E-state index contributed by atoms with van der Waals surface area (Å²) in [6, 6.07) is 6.04. The second-order valence-electron chi connectivity index (χ2n) is 7.06. The highest BCUT2D eigenvalue weighted by molar-refractivity contribution is 7.89. The molecule has 0 radical (unpaired) electrons. The molecule has 9 heteroatoms. The minimum absolute atomic E-state index is 0.151. The maximum atomic E-state index is 12.9. The molecule has 3 rings (SSSR count). The lowest BCUT2D eigenvalue weighted by Crippen LogP contribution is -2.48. The number of aryl methyl sites for hydroxylation is 1. The Labute approximate surface area is 165 Å². The monoisotopic (exact) mass is 406 g/mol. The van der Waals surface area contributed by atoms with Gasteiger partial charge in [0.2, 0.25) is 10.0 Å². The third-order valence-corrected chi connectivity index (χ3v) is 6.54. The molecule has 1 amide bonds. The largest absolute Gasteiger partial charge is 0.373 e. The zero-order chi connectivity index (χ0) is 20.3. The molecule has 1 aliphatic rings. The molecule has 2 atom stereocenters. The molecule has 0 unspecified atom stereocenters. The number of rotatable bonds is 6. The highest BCUT2D eigenvalue weighted by Gasteiger charge is 2.32. The van der Waals surface area contributed by atoms with Crippen molar-refractivity contribution in [2.75, 3.05) is 19.6 Å². The van der Waals surface area contributed by atoms with Gasteiger partial charge in [0.1, 0.15) is 5.82 Å². The Kier molecular flexibility index (Phi) is 6.17. The summed E-state index contributed by atoms with van der Waals surface area (Å²) in [5, 5.41) is 2.83. The molecule has 2 heterocycles. The van der Waals surface area contributed by atoms with E-state index in [0.29, 0.717) is 31.6 Å². The van der Waals surface area contributed by atoms with Gasteiger partial charge in [-0.15, -0.1) is 0 Å². The van der Waals surface area contributed by atoms with Crippen molar-refractivity contribution in [1.29, 1.82) is 0 Å². The van der Waals surface area contributed by atoms with Crippen LogP contribution in [0.5, 0.6) is 0 Å². The Bertz CT molecular complexity index is 914. The second-order valence-corrected chi connectivity index (χ2v) is 9.00. The Morgan fingerprint density at radius 1 is 1.21 bits per heavy atom. The summed E-state index contributed by atoms with van der Waals surface area (Å²) in [5.41, 5.74) is 0.419. The summed E-state index contributed by atoms with van der Waals surface area (Å²) >= 11 is 0. The van der Waals surface area contributed by atoms with Crippen LogP contribution in [0.1, 0.15) is 30.0 Å². The van der Waals surface area contributed by atoms with E-state index in [9.17, 15) is 13.2 Å². The zero-order valence-electron chi connectivity index (χ0n) is 16.3. The molecule has 1 N–H and O–H groups in total. The number of nitrogens with zero attached hydrogens (tertiary/aromatic N) is 3. The standard InChI is InChI=1S/C19H26N4O4S/c1-14-12-23(13-15(2)27-14)28(25,26)17-6-4-16(5-7-17)19(24)21-9-8-18-20-10-11-22(18)3/h4-7,10-11,14-15H,8-9,12-13H2,1-3H3,(H,21,24)/t14-,15-/m0/s1. The number of carbonyl (C=O) groups is 1. The van der Waals surface area contributed by atoms with Crippen LogP contribution in [-0.2, 0) is 28.2 Å². The number of nitrogens with one attached hydrogen (secondary N) is 1. The fourth-order valence-electron chi connectivity index (χ4n) is 3.28. The fraction of sp³-hybridized carbons (Fsp3) is 0.474. The molecule has 1 aromatic heterocycles. The molecule has 2 aromatic rings. The molecule has 0 bridgehead atoms. The van der Waals surface area contributed by atoms with Crippen LogP contribution in [0.25, 0.3) is 0 Å². The van der Waals surface area contributed by atoms with Crippen LogP contribution in [0.2, 0.25) is 0 Å². The number of carbonyl (C=O) groups excluding carboxylic acids is 1. The van der Waals surface area contributed by atoms with Crippen LogP contribution in [0.15, 0.2) is 41.6 Å². The Morgan fingerprint density at radius 3 is 2.43 bits per heavy atom. The average molecular weight is 407 g/mol.